The molecule has 1 atom stereocenters. The molecule has 1 aliphatic rings. The van der Waals surface area contributed by atoms with E-state index in [-0.39, 0.29) is 27.1 Å². The number of imide groups is 1. The smallest absolute Gasteiger partial charge is 0.343 e. The van der Waals surface area contributed by atoms with Gasteiger partial charge in [-0.15, -0.1) is 5.06 Å². The van der Waals surface area contributed by atoms with E-state index in [9.17, 15) is 24.0 Å². The van der Waals surface area contributed by atoms with Crippen molar-refractivity contribution < 1.29 is 33.5 Å². The molecule has 0 saturated carbocycles. The van der Waals surface area contributed by atoms with Gasteiger partial charge >= 0.3 is 5.97 Å². The lowest BCUT2D eigenvalue weighted by Crippen LogP contribution is -2.36. The van der Waals surface area contributed by atoms with Gasteiger partial charge in [-0.1, -0.05) is 78.9 Å². The van der Waals surface area contributed by atoms with Gasteiger partial charge in [0.2, 0.25) is 6.10 Å². The minimum Gasteiger partial charge on any atom is -0.450 e. The van der Waals surface area contributed by atoms with Crippen molar-refractivity contribution in [1.29, 1.82) is 0 Å². The van der Waals surface area contributed by atoms with Gasteiger partial charge < -0.3 is 4.74 Å². The van der Waals surface area contributed by atoms with Crippen LogP contribution in [0.25, 0.3) is 0 Å². The molecule has 1 heterocycles. The topological polar surface area (TPSA) is 107 Å². The molecule has 0 aromatic heterocycles. The normalized spacial score (nSPS) is 13.0. The highest BCUT2D eigenvalue weighted by atomic mass is 16.7. The zero-order valence-corrected chi connectivity index (χ0v) is 20.3. The van der Waals surface area contributed by atoms with Crippen molar-refractivity contribution in [3.8, 4) is 0 Å². The van der Waals surface area contributed by atoms with Crippen molar-refractivity contribution in [2.75, 3.05) is 0 Å². The second-order valence-corrected chi connectivity index (χ2v) is 8.58. The molecular weight excluding hydrogens is 498 g/mol. The standard InChI is InChI=1S/C31H19NO7/c33-18-23-16-15-22(17-24(23)19-34)28(39-32-29(35)25-13-7-8-14-26(25)30(32)36)31(37)38-27(20-9-3-1-4-10-20)21-11-5-2-6-12-21/h1-17,27-28H/t28-/m0/s1. The van der Waals surface area contributed by atoms with E-state index in [1.165, 1.54) is 30.3 Å². The van der Waals surface area contributed by atoms with Crippen LogP contribution in [0.5, 0.6) is 0 Å². The van der Waals surface area contributed by atoms with E-state index in [2.05, 4.69) is 0 Å². The zero-order chi connectivity index (χ0) is 27.4. The van der Waals surface area contributed by atoms with Gasteiger partial charge in [0.25, 0.3) is 11.8 Å². The summed E-state index contributed by atoms with van der Waals surface area (Å²) in [6.07, 6.45) is -2.51. The predicted molar refractivity (Wildman–Crippen MR) is 137 cm³/mol. The van der Waals surface area contributed by atoms with Crippen LogP contribution in [-0.2, 0) is 24.0 Å². The van der Waals surface area contributed by atoms with Gasteiger partial charge in [-0.25, -0.2) is 19.2 Å². The fourth-order valence-corrected chi connectivity index (χ4v) is 4.27. The zero-order valence-electron chi connectivity index (χ0n) is 20.3. The summed E-state index contributed by atoms with van der Waals surface area (Å²) in [6, 6.07) is 28.0. The highest BCUT2D eigenvalue weighted by Crippen LogP contribution is 2.32. The third kappa shape index (κ3) is 4.94. The minimum absolute atomic E-state index is 0.0637. The van der Waals surface area contributed by atoms with Gasteiger partial charge in [0.05, 0.1) is 21.6 Å². The fraction of sp³-hybridized carbons (Fsp3) is 0.0645. The number of rotatable bonds is 7. The van der Waals surface area contributed by atoms with Crippen molar-refractivity contribution in [1.82, 2.24) is 5.06 Å². The lowest BCUT2D eigenvalue weighted by molar-refractivity contribution is -0.185. The molecule has 39 heavy (non-hydrogen) atoms. The molecule has 0 aliphatic carbocycles. The summed E-state index contributed by atoms with van der Waals surface area (Å²) in [6.45, 7) is 0. The van der Waals surface area contributed by atoms with Gasteiger partial charge in [-0.3, -0.25) is 9.59 Å². The summed E-state index contributed by atoms with van der Waals surface area (Å²) >= 11 is 0. The largest absolute Gasteiger partial charge is 0.450 e. The maximum Gasteiger partial charge on any atom is 0.343 e. The van der Waals surface area contributed by atoms with Crippen LogP contribution in [0.2, 0.25) is 0 Å². The molecule has 0 N–H and O–H groups in total. The lowest BCUT2D eigenvalue weighted by Gasteiger charge is -2.25. The molecule has 0 radical (unpaired) electrons. The number of hydrogen-bond acceptors (Lipinski definition) is 7. The number of benzene rings is 4. The molecule has 2 amide bonds. The predicted octanol–water partition coefficient (Wildman–Crippen LogP) is 2.29. The van der Waals surface area contributed by atoms with Crippen LogP contribution in [0.1, 0.15) is 49.6 Å². The van der Waals surface area contributed by atoms with Crippen LogP contribution in [0.3, 0.4) is 0 Å². The van der Waals surface area contributed by atoms with E-state index in [1.54, 1.807) is 72.5 Å². The first kappa shape index (κ1) is 25.3. The minimum atomic E-state index is -1.66. The maximum absolute atomic E-state index is 13.8. The number of hydroxylamine groups is 2. The Balaban J connectivity index is 1.56. The van der Waals surface area contributed by atoms with Crippen LogP contribution < -0.4 is 10.4 Å². The third-order valence-electron chi connectivity index (χ3n) is 6.19. The van der Waals surface area contributed by atoms with E-state index in [4.69, 9.17) is 9.57 Å². The van der Waals surface area contributed by atoms with Crippen LogP contribution in [0.15, 0.2) is 103 Å². The highest BCUT2D eigenvalue weighted by molar-refractivity contribution is 6.20. The highest BCUT2D eigenvalue weighted by Gasteiger charge is 2.41. The molecule has 0 bridgehead atoms. The van der Waals surface area contributed by atoms with Crippen molar-refractivity contribution >= 4 is 29.7 Å². The average Bonchev–Trinajstić information content (AvgIpc) is 3.23. The van der Waals surface area contributed by atoms with Gasteiger partial charge in [-0.05, 0) is 41.0 Å². The Kier molecular flexibility index (Phi) is 7.08. The van der Waals surface area contributed by atoms with Crippen molar-refractivity contribution in [2.45, 2.75) is 12.2 Å². The van der Waals surface area contributed by atoms with Gasteiger partial charge in [0.15, 0.2) is 6.10 Å². The lowest BCUT2D eigenvalue weighted by atomic mass is 10.0. The fourth-order valence-electron chi connectivity index (χ4n) is 4.27. The molecule has 8 heteroatoms. The number of ether oxygens (including phenoxy) is 1. The monoisotopic (exact) mass is 517 g/mol. The second kappa shape index (κ2) is 10.9. The van der Waals surface area contributed by atoms with Crippen molar-refractivity contribution in [3.63, 3.8) is 0 Å². The number of nitrogens with zero attached hydrogens (tertiary/aromatic N) is 1. The summed E-state index contributed by atoms with van der Waals surface area (Å²) in [5.41, 5.74) is 1.64. The van der Waals surface area contributed by atoms with E-state index in [1.807, 2.05) is 12.1 Å². The molecule has 0 spiro atoms. The summed E-state index contributed by atoms with van der Waals surface area (Å²) < 4.78 is 5.94. The third-order valence-corrected chi connectivity index (χ3v) is 6.19. The Bertz CT molecular complexity index is 1670. The molecule has 4 aromatic rings. The molecule has 8 nitrogen and oxygen atoms in total. The van der Waals surface area contributed by atoms with Crippen molar-refractivity contribution in [2.24, 2.45) is 0 Å². The van der Waals surface area contributed by atoms with E-state index in [0.29, 0.717) is 16.2 Å². The Hall–Kier alpha value is -5.39. The second-order valence-electron chi connectivity index (χ2n) is 8.58. The van der Waals surface area contributed by atoms with E-state index < -0.39 is 30.0 Å². The molecule has 0 unspecified atom stereocenters. The number of fused-ring (bicyclic) bond motifs is 1. The Morgan fingerprint density at radius 1 is 0.641 bits per heavy atom. The first-order valence-corrected chi connectivity index (χ1v) is 11.9. The van der Waals surface area contributed by atoms with Gasteiger partial charge in [-0.2, -0.15) is 0 Å². The molecule has 190 valence electrons. The Morgan fingerprint density at radius 2 is 1.15 bits per heavy atom. The molecular formula is C31H19NO7. The van der Waals surface area contributed by atoms with Gasteiger partial charge in [0, 0.05) is 0 Å². The number of amides is 2. The molecule has 0 saturated heterocycles. The first-order chi connectivity index (χ1) is 19.0. The summed E-state index contributed by atoms with van der Waals surface area (Å²) in [5.74, 6) is 0.811. The quantitative estimate of drug-likeness (QED) is 0.274. The maximum atomic E-state index is 13.8. The van der Waals surface area contributed by atoms with E-state index in [0.717, 1.165) is 0 Å². The van der Waals surface area contributed by atoms with Crippen LogP contribution >= 0.6 is 0 Å². The Morgan fingerprint density at radius 3 is 1.67 bits per heavy atom. The number of carbonyl (C=O) groups is 3. The summed E-state index contributed by atoms with van der Waals surface area (Å²) in [5, 5.41) is 0.253. The average molecular weight is 517 g/mol. The van der Waals surface area contributed by atoms with Crippen LogP contribution in [-0.4, -0.2) is 34.7 Å². The van der Waals surface area contributed by atoms with Crippen molar-refractivity contribution in [3.05, 3.63) is 141 Å². The first-order valence-electron chi connectivity index (χ1n) is 11.9. The number of hydrogen-bond donors (Lipinski definition) is 0. The SMILES string of the molecule is O=C=c1ccc([C@H](ON2C(=O)c3ccccc3C2=O)C(=O)OC(c2ccccc2)c2ccccc2)cc1=C=O. The molecule has 5 rings (SSSR count). The molecule has 1 aliphatic heterocycles. The number of carbonyl (C=O) groups excluding carboxylic acids is 5. The van der Waals surface area contributed by atoms with Crippen LogP contribution in [0.4, 0.5) is 0 Å². The van der Waals surface area contributed by atoms with Gasteiger partial charge in [0.1, 0.15) is 11.9 Å². The number of esters is 1. The molecule has 0 fully saturated rings. The molecule has 4 aromatic carbocycles. The van der Waals surface area contributed by atoms with E-state index >= 15 is 0 Å². The summed E-state index contributed by atoms with van der Waals surface area (Å²) in [4.78, 5) is 68.2. The summed E-state index contributed by atoms with van der Waals surface area (Å²) in [7, 11) is 0. The van der Waals surface area contributed by atoms with Crippen LogP contribution in [0, 0.1) is 0 Å². The Labute approximate surface area is 222 Å².